The van der Waals surface area contributed by atoms with Gasteiger partial charge < -0.3 is 9.73 Å². The molecule has 0 bridgehead atoms. The molecule has 4 nitrogen and oxygen atoms in total. The third-order valence-corrected chi connectivity index (χ3v) is 2.20. The second-order valence-corrected chi connectivity index (χ2v) is 3.85. The number of aromatic nitrogens is 2. The first-order valence-corrected chi connectivity index (χ1v) is 5.04. The van der Waals surface area contributed by atoms with Gasteiger partial charge in [0.1, 0.15) is 5.69 Å². The second kappa shape index (κ2) is 3.81. The Morgan fingerprint density at radius 3 is 2.87 bits per heavy atom. The van der Waals surface area contributed by atoms with Gasteiger partial charge in [0.15, 0.2) is 11.6 Å². The average molecular weight is 205 g/mol. The maximum Gasteiger partial charge on any atom is 0.151 e. The number of rotatable bonds is 3. The van der Waals surface area contributed by atoms with Gasteiger partial charge in [-0.25, -0.2) is 0 Å². The monoisotopic (exact) mass is 205 g/mol. The molecule has 0 saturated carbocycles. The van der Waals surface area contributed by atoms with Crippen LogP contribution in [0.3, 0.4) is 0 Å². The Hall–Kier alpha value is -1.71. The average Bonchev–Trinajstić information content (AvgIpc) is 2.76. The van der Waals surface area contributed by atoms with Gasteiger partial charge in [-0.15, -0.1) is 0 Å². The maximum absolute atomic E-state index is 5.32. The van der Waals surface area contributed by atoms with Gasteiger partial charge in [-0.3, -0.25) is 5.10 Å². The number of furan rings is 1. The van der Waals surface area contributed by atoms with Crippen molar-refractivity contribution in [3.05, 3.63) is 24.0 Å². The predicted molar refractivity (Wildman–Crippen MR) is 59.8 cm³/mol. The smallest absolute Gasteiger partial charge is 0.151 e. The van der Waals surface area contributed by atoms with Crippen LogP contribution in [-0.2, 0) is 0 Å². The van der Waals surface area contributed by atoms with Crippen molar-refractivity contribution >= 4 is 5.82 Å². The molecule has 0 saturated heterocycles. The second-order valence-electron chi connectivity index (χ2n) is 3.85. The van der Waals surface area contributed by atoms with Crippen LogP contribution in [0.4, 0.5) is 5.82 Å². The Labute approximate surface area is 88.7 Å². The summed E-state index contributed by atoms with van der Waals surface area (Å²) in [4.78, 5) is 0. The highest BCUT2D eigenvalue weighted by atomic mass is 16.3. The van der Waals surface area contributed by atoms with Crippen LogP contribution >= 0.6 is 0 Å². The number of anilines is 1. The van der Waals surface area contributed by atoms with Crippen LogP contribution < -0.4 is 5.32 Å². The molecule has 0 amide bonds. The lowest BCUT2D eigenvalue weighted by molar-refractivity contribution is 0.579. The maximum atomic E-state index is 5.32. The normalized spacial score (nSPS) is 10.9. The van der Waals surface area contributed by atoms with E-state index in [0.717, 1.165) is 22.8 Å². The molecule has 0 unspecified atom stereocenters. The molecule has 0 aliphatic heterocycles. The van der Waals surface area contributed by atoms with Crippen molar-refractivity contribution in [2.45, 2.75) is 26.8 Å². The minimum atomic E-state index is 0.372. The lowest BCUT2D eigenvalue weighted by Crippen LogP contribution is -2.10. The fourth-order valence-electron chi connectivity index (χ4n) is 1.47. The van der Waals surface area contributed by atoms with E-state index in [9.17, 15) is 0 Å². The molecule has 2 aromatic rings. The molecule has 0 aliphatic rings. The van der Waals surface area contributed by atoms with Crippen LogP contribution in [0.2, 0.25) is 0 Å². The van der Waals surface area contributed by atoms with E-state index >= 15 is 0 Å². The molecule has 0 atom stereocenters. The van der Waals surface area contributed by atoms with Crippen molar-refractivity contribution in [1.82, 2.24) is 10.2 Å². The number of nitrogens with zero attached hydrogens (tertiary/aromatic N) is 1. The van der Waals surface area contributed by atoms with Gasteiger partial charge >= 0.3 is 0 Å². The Bertz CT molecular complexity index is 429. The summed E-state index contributed by atoms with van der Waals surface area (Å²) in [7, 11) is 0. The van der Waals surface area contributed by atoms with Gasteiger partial charge in [0, 0.05) is 11.6 Å². The van der Waals surface area contributed by atoms with Gasteiger partial charge in [-0.1, -0.05) is 0 Å². The van der Waals surface area contributed by atoms with E-state index in [4.69, 9.17) is 4.42 Å². The zero-order valence-electron chi connectivity index (χ0n) is 9.16. The summed E-state index contributed by atoms with van der Waals surface area (Å²) in [5.74, 6) is 1.70. The molecule has 0 aliphatic carbocycles. The Balaban J connectivity index is 2.32. The van der Waals surface area contributed by atoms with Crippen LogP contribution in [0.1, 0.15) is 19.4 Å². The SMILES string of the molecule is Cc1c(NC(C)C)n[nH]c1-c1ccco1. The summed E-state index contributed by atoms with van der Waals surface area (Å²) in [6.45, 7) is 6.19. The minimum absolute atomic E-state index is 0.372. The summed E-state index contributed by atoms with van der Waals surface area (Å²) < 4.78 is 5.32. The molecule has 2 aromatic heterocycles. The summed E-state index contributed by atoms with van der Waals surface area (Å²) in [5.41, 5.74) is 2.02. The van der Waals surface area contributed by atoms with Crippen LogP contribution in [0, 0.1) is 6.92 Å². The number of hydrogen-bond acceptors (Lipinski definition) is 3. The van der Waals surface area contributed by atoms with Crippen LogP contribution in [-0.4, -0.2) is 16.2 Å². The third kappa shape index (κ3) is 1.88. The van der Waals surface area contributed by atoms with Crippen molar-refractivity contribution in [3.8, 4) is 11.5 Å². The number of H-pyrrole nitrogens is 1. The van der Waals surface area contributed by atoms with Crippen LogP contribution in [0.25, 0.3) is 11.5 Å². The lowest BCUT2D eigenvalue weighted by atomic mass is 10.2. The first-order chi connectivity index (χ1) is 7.18. The molecule has 0 aromatic carbocycles. The summed E-state index contributed by atoms with van der Waals surface area (Å²) in [5, 5.41) is 10.5. The van der Waals surface area contributed by atoms with Crippen molar-refractivity contribution in [2.24, 2.45) is 0 Å². The quantitative estimate of drug-likeness (QED) is 0.810. The minimum Gasteiger partial charge on any atom is -0.463 e. The number of aromatic amines is 1. The fourth-order valence-corrected chi connectivity index (χ4v) is 1.47. The highest BCUT2D eigenvalue weighted by Crippen LogP contribution is 2.26. The van der Waals surface area contributed by atoms with E-state index in [1.165, 1.54) is 0 Å². The molecular weight excluding hydrogens is 190 g/mol. The van der Waals surface area contributed by atoms with Crippen molar-refractivity contribution < 1.29 is 4.42 Å². The van der Waals surface area contributed by atoms with E-state index in [-0.39, 0.29) is 0 Å². The number of nitrogens with one attached hydrogen (secondary N) is 2. The lowest BCUT2D eigenvalue weighted by Gasteiger charge is -2.06. The van der Waals surface area contributed by atoms with Gasteiger partial charge in [0.25, 0.3) is 0 Å². The largest absolute Gasteiger partial charge is 0.463 e. The standard InChI is InChI=1S/C11H15N3O/c1-7(2)12-11-8(3)10(13-14-11)9-5-4-6-15-9/h4-7H,1-3H3,(H2,12,13,14). The molecule has 2 rings (SSSR count). The third-order valence-electron chi connectivity index (χ3n) is 2.20. The molecule has 0 spiro atoms. The molecule has 4 heteroatoms. The topological polar surface area (TPSA) is 53.9 Å². The summed E-state index contributed by atoms with van der Waals surface area (Å²) >= 11 is 0. The summed E-state index contributed by atoms with van der Waals surface area (Å²) in [6.07, 6.45) is 1.66. The molecule has 2 N–H and O–H groups in total. The zero-order valence-corrected chi connectivity index (χ0v) is 9.16. The van der Waals surface area contributed by atoms with E-state index in [1.807, 2.05) is 19.1 Å². The van der Waals surface area contributed by atoms with Crippen molar-refractivity contribution in [1.29, 1.82) is 0 Å². The van der Waals surface area contributed by atoms with E-state index < -0.39 is 0 Å². The van der Waals surface area contributed by atoms with Gasteiger partial charge in [-0.05, 0) is 32.9 Å². The molecule has 15 heavy (non-hydrogen) atoms. The predicted octanol–water partition coefficient (Wildman–Crippen LogP) is 2.80. The zero-order chi connectivity index (χ0) is 10.8. The first kappa shape index (κ1) is 9.83. The van der Waals surface area contributed by atoms with Gasteiger partial charge in [-0.2, -0.15) is 5.10 Å². The highest BCUT2D eigenvalue weighted by molar-refractivity contribution is 5.64. The highest BCUT2D eigenvalue weighted by Gasteiger charge is 2.12. The fraction of sp³-hybridized carbons (Fsp3) is 0.364. The van der Waals surface area contributed by atoms with Crippen molar-refractivity contribution in [2.75, 3.05) is 5.32 Å². The van der Waals surface area contributed by atoms with E-state index in [1.54, 1.807) is 6.26 Å². The number of hydrogen-bond donors (Lipinski definition) is 2. The Morgan fingerprint density at radius 1 is 1.47 bits per heavy atom. The first-order valence-electron chi connectivity index (χ1n) is 5.04. The van der Waals surface area contributed by atoms with E-state index in [0.29, 0.717) is 6.04 Å². The Morgan fingerprint density at radius 2 is 2.27 bits per heavy atom. The Kier molecular flexibility index (Phi) is 2.49. The molecule has 0 radical (unpaired) electrons. The molecule has 0 fully saturated rings. The summed E-state index contributed by atoms with van der Waals surface area (Å²) in [6, 6.07) is 4.15. The molecule has 80 valence electrons. The van der Waals surface area contributed by atoms with Crippen LogP contribution in [0.5, 0.6) is 0 Å². The van der Waals surface area contributed by atoms with Crippen LogP contribution in [0.15, 0.2) is 22.8 Å². The van der Waals surface area contributed by atoms with Crippen molar-refractivity contribution in [3.63, 3.8) is 0 Å². The van der Waals surface area contributed by atoms with Gasteiger partial charge in [0.2, 0.25) is 0 Å². The van der Waals surface area contributed by atoms with Gasteiger partial charge in [0.05, 0.1) is 6.26 Å². The van der Waals surface area contributed by atoms with E-state index in [2.05, 4.69) is 29.4 Å². The molecule has 2 heterocycles. The molecular formula is C11H15N3O.